The van der Waals surface area contributed by atoms with Crippen LogP contribution in [0.25, 0.3) is 38.2 Å². The Hall–Kier alpha value is -3.15. The zero-order chi connectivity index (χ0) is 15.0. The van der Waals surface area contributed by atoms with Gasteiger partial charge in [0.2, 0.25) is 5.88 Å². The lowest BCUT2D eigenvalue weighted by Crippen LogP contribution is -1.99. The number of aromatic hydroxyl groups is 1. The summed E-state index contributed by atoms with van der Waals surface area (Å²) in [6, 6.07) is 7.68. The summed E-state index contributed by atoms with van der Waals surface area (Å²) in [6.45, 7) is 2.00. The van der Waals surface area contributed by atoms with E-state index in [9.17, 15) is 9.90 Å². The van der Waals surface area contributed by atoms with Gasteiger partial charge in [0.25, 0.3) is 5.56 Å². The average molecular weight is 290 g/mol. The van der Waals surface area contributed by atoms with Crippen LogP contribution in [0.3, 0.4) is 0 Å². The number of hydrogen-bond acceptors (Lipinski definition) is 4. The van der Waals surface area contributed by atoms with Crippen molar-refractivity contribution in [3.8, 4) is 5.88 Å². The van der Waals surface area contributed by atoms with Gasteiger partial charge in [0.1, 0.15) is 0 Å². The lowest BCUT2D eigenvalue weighted by atomic mass is 10.1. The highest BCUT2D eigenvalue weighted by atomic mass is 16.3. The van der Waals surface area contributed by atoms with Gasteiger partial charge in [-0.3, -0.25) is 9.78 Å². The molecule has 22 heavy (non-hydrogen) atoms. The van der Waals surface area contributed by atoms with Crippen LogP contribution in [0.4, 0.5) is 0 Å². The molecule has 0 aliphatic rings. The first-order valence-corrected chi connectivity index (χ1v) is 6.89. The average Bonchev–Trinajstić information content (AvgIpc) is 3.14. The summed E-state index contributed by atoms with van der Waals surface area (Å²) >= 11 is 0. The molecular weight excluding hydrogens is 280 g/mol. The topological polar surface area (TPSA) is 83.3 Å². The fraction of sp³-hybridized carbons (Fsp3) is 0.0625. The van der Waals surface area contributed by atoms with Crippen LogP contribution in [0.15, 0.2) is 35.3 Å². The number of aryl methyl sites for hydroxylation is 1. The van der Waals surface area contributed by atoms with Crippen LogP contribution in [0, 0.1) is 6.92 Å². The van der Waals surface area contributed by atoms with Crippen molar-refractivity contribution in [1.29, 1.82) is 0 Å². The third kappa shape index (κ3) is 1.18. The Balaban J connectivity index is 2.28. The molecule has 0 saturated carbocycles. The van der Waals surface area contributed by atoms with E-state index in [1.807, 2.05) is 25.1 Å². The molecule has 0 aliphatic carbocycles. The van der Waals surface area contributed by atoms with Crippen molar-refractivity contribution < 1.29 is 5.11 Å². The maximum Gasteiger partial charge on any atom is 0.259 e. The minimum atomic E-state index is -0.310. The largest absolute Gasteiger partial charge is 0.494 e. The normalized spacial score (nSPS) is 12.2. The molecular formula is C16H10N4O2. The molecule has 0 saturated heterocycles. The van der Waals surface area contributed by atoms with Crippen molar-refractivity contribution in [3.63, 3.8) is 0 Å². The van der Waals surface area contributed by atoms with Gasteiger partial charge in [-0.1, -0.05) is 11.6 Å². The van der Waals surface area contributed by atoms with Crippen molar-refractivity contribution in [2.75, 3.05) is 0 Å². The molecule has 5 rings (SSSR count). The number of benzene rings is 1. The molecule has 0 aliphatic heterocycles. The summed E-state index contributed by atoms with van der Waals surface area (Å²) in [7, 11) is 0. The molecule has 0 fully saturated rings. The van der Waals surface area contributed by atoms with Gasteiger partial charge >= 0.3 is 0 Å². The smallest absolute Gasteiger partial charge is 0.259 e. The third-order valence-electron chi connectivity index (χ3n) is 4.16. The second-order valence-corrected chi connectivity index (χ2v) is 5.52. The van der Waals surface area contributed by atoms with Gasteiger partial charge < -0.3 is 5.11 Å². The molecule has 1 aromatic carbocycles. The maximum atomic E-state index is 12.2. The molecule has 6 nitrogen and oxygen atoms in total. The van der Waals surface area contributed by atoms with Gasteiger partial charge in [-0.2, -0.15) is 5.10 Å². The predicted octanol–water partition coefficient (Wildman–Crippen LogP) is 2.33. The molecule has 5 aromatic rings. The zero-order valence-corrected chi connectivity index (χ0v) is 11.6. The number of hydrogen-bond donors (Lipinski definition) is 2. The van der Waals surface area contributed by atoms with Crippen LogP contribution < -0.4 is 5.56 Å². The van der Waals surface area contributed by atoms with Gasteiger partial charge in [-0.25, -0.2) is 9.50 Å². The van der Waals surface area contributed by atoms with Crippen LogP contribution in [-0.2, 0) is 0 Å². The van der Waals surface area contributed by atoms with Crippen LogP contribution in [0.2, 0.25) is 0 Å². The molecule has 0 radical (unpaired) electrons. The SMILES string of the molecule is Cc1ccc2nn3c4nccc4c4c(=O)[nH]c(O)c4c3c2c1. The minimum absolute atomic E-state index is 0.128. The number of pyridine rings is 1. The second-order valence-electron chi connectivity index (χ2n) is 5.52. The Morgan fingerprint density at radius 3 is 2.91 bits per heavy atom. The van der Waals surface area contributed by atoms with Crippen LogP contribution >= 0.6 is 0 Å². The highest BCUT2D eigenvalue weighted by Crippen LogP contribution is 2.35. The molecule has 0 unspecified atom stereocenters. The lowest BCUT2D eigenvalue weighted by molar-refractivity contribution is 0.462. The number of rotatable bonds is 0. The Kier molecular flexibility index (Phi) is 1.85. The van der Waals surface area contributed by atoms with E-state index in [0.29, 0.717) is 27.3 Å². The fourth-order valence-electron chi connectivity index (χ4n) is 3.23. The van der Waals surface area contributed by atoms with Gasteiger partial charge in [0.15, 0.2) is 5.65 Å². The summed E-state index contributed by atoms with van der Waals surface area (Å²) in [5.41, 5.74) is 2.90. The summed E-state index contributed by atoms with van der Waals surface area (Å²) in [5.74, 6) is -0.128. The van der Waals surface area contributed by atoms with Crippen molar-refractivity contribution in [3.05, 3.63) is 46.4 Å². The molecule has 4 heterocycles. The quantitative estimate of drug-likeness (QED) is 0.458. The van der Waals surface area contributed by atoms with E-state index in [-0.39, 0.29) is 11.4 Å². The van der Waals surface area contributed by atoms with E-state index >= 15 is 0 Å². The predicted molar refractivity (Wildman–Crippen MR) is 83.7 cm³/mol. The summed E-state index contributed by atoms with van der Waals surface area (Å²) < 4.78 is 1.70. The molecule has 0 atom stereocenters. The van der Waals surface area contributed by atoms with E-state index in [1.165, 1.54) is 0 Å². The van der Waals surface area contributed by atoms with Crippen LogP contribution in [-0.4, -0.2) is 24.7 Å². The van der Waals surface area contributed by atoms with Crippen molar-refractivity contribution >= 4 is 38.2 Å². The second kappa shape index (κ2) is 3.54. The fourth-order valence-corrected chi connectivity index (χ4v) is 3.23. The molecule has 0 spiro atoms. The Labute approximate surface area is 123 Å². The number of nitrogens with one attached hydrogen (secondary N) is 1. The molecule has 0 bridgehead atoms. The first-order chi connectivity index (χ1) is 10.6. The van der Waals surface area contributed by atoms with Crippen molar-refractivity contribution in [2.24, 2.45) is 0 Å². The Bertz CT molecular complexity index is 1270. The maximum absolute atomic E-state index is 12.2. The highest BCUT2D eigenvalue weighted by Gasteiger charge is 2.21. The number of fused-ring (bicyclic) bond motifs is 8. The summed E-state index contributed by atoms with van der Waals surface area (Å²) in [6.07, 6.45) is 1.64. The van der Waals surface area contributed by atoms with E-state index in [2.05, 4.69) is 15.1 Å². The highest BCUT2D eigenvalue weighted by molar-refractivity contribution is 6.19. The third-order valence-corrected chi connectivity index (χ3v) is 4.16. The number of H-pyrrole nitrogens is 1. The number of aromatic amines is 1. The van der Waals surface area contributed by atoms with E-state index < -0.39 is 0 Å². The van der Waals surface area contributed by atoms with Gasteiger partial charge in [-0.15, -0.1) is 0 Å². The van der Waals surface area contributed by atoms with E-state index in [4.69, 9.17) is 0 Å². The van der Waals surface area contributed by atoms with Crippen molar-refractivity contribution in [2.45, 2.75) is 6.92 Å². The number of aromatic nitrogens is 4. The van der Waals surface area contributed by atoms with Crippen molar-refractivity contribution in [1.82, 2.24) is 19.6 Å². The van der Waals surface area contributed by atoms with Gasteiger partial charge in [-0.05, 0) is 25.1 Å². The summed E-state index contributed by atoms with van der Waals surface area (Å²) in [4.78, 5) is 19.0. The Morgan fingerprint density at radius 2 is 2.05 bits per heavy atom. The lowest BCUT2D eigenvalue weighted by Gasteiger charge is -2.00. The zero-order valence-electron chi connectivity index (χ0n) is 11.6. The molecule has 0 amide bonds. The van der Waals surface area contributed by atoms with Crippen LogP contribution in [0.1, 0.15) is 5.56 Å². The van der Waals surface area contributed by atoms with Gasteiger partial charge in [0.05, 0.1) is 21.8 Å². The van der Waals surface area contributed by atoms with E-state index in [1.54, 1.807) is 16.8 Å². The van der Waals surface area contributed by atoms with E-state index in [0.717, 1.165) is 16.5 Å². The molecule has 106 valence electrons. The minimum Gasteiger partial charge on any atom is -0.494 e. The molecule has 2 N–H and O–H groups in total. The first-order valence-electron chi connectivity index (χ1n) is 6.89. The summed E-state index contributed by atoms with van der Waals surface area (Å²) in [5, 5.41) is 17.3. The number of nitrogens with zero attached hydrogens (tertiary/aromatic N) is 3. The standard InChI is InChI=1S/C16H10N4O2/c1-7-2-3-10-9(6-7)13-12-11(15(21)18-16(12)22)8-4-5-17-14(8)20(13)19-10/h2-6,22H,1H3,(H,18,21). The van der Waals surface area contributed by atoms with Gasteiger partial charge in [0, 0.05) is 17.0 Å². The monoisotopic (exact) mass is 290 g/mol. The van der Waals surface area contributed by atoms with Crippen LogP contribution in [0.5, 0.6) is 5.88 Å². The first kappa shape index (κ1) is 11.5. The Morgan fingerprint density at radius 1 is 1.18 bits per heavy atom. The molecule has 4 aromatic heterocycles. The molecule has 6 heteroatoms.